The Labute approximate surface area is 108 Å². The van der Waals surface area contributed by atoms with Gasteiger partial charge in [0, 0.05) is 29.0 Å². The monoisotopic (exact) mass is 293 g/mol. The van der Waals surface area contributed by atoms with Crippen LogP contribution in [0.25, 0.3) is 0 Å². The maximum Gasteiger partial charge on any atom is 0.223 e. The average molecular weight is 294 g/mol. The van der Waals surface area contributed by atoms with Crippen molar-refractivity contribution in [3.63, 3.8) is 0 Å². The molecule has 4 nitrogen and oxygen atoms in total. The number of nitrogens with two attached hydrogens (primary N) is 1. The van der Waals surface area contributed by atoms with E-state index in [9.17, 15) is 0 Å². The number of rotatable bonds is 3. The SMILES string of the molecule is Cc1ncccc1Oc1ncc(Br)cc1CN. The van der Waals surface area contributed by atoms with Gasteiger partial charge in [0.2, 0.25) is 5.88 Å². The lowest BCUT2D eigenvalue weighted by molar-refractivity contribution is 0.450. The molecule has 17 heavy (non-hydrogen) atoms. The summed E-state index contributed by atoms with van der Waals surface area (Å²) in [5.41, 5.74) is 7.32. The molecule has 0 radical (unpaired) electrons. The standard InChI is InChI=1S/C12H12BrN3O/c1-8-11(3-2-4-15-8)17-12-9(6-14)5-10(13)7-16-12/h2-5,7H,6,14H2,1H3. The third-order valence-corrected chi connectivity index (χ3v) is 2.71. The summed E-state index contributed by atoms with van der Waals surface area (Å²) in [6.45, 7) is 2.26. The van der Waals surface area contributed by atoms with E-state index in [4.69, 9.17) is 10.5 Å². The number of hydrogen-bond donors (Lipinski definition) is 1. The molecule has 2 heterocycles. The molecular formula is C12H12BrN3O. The second kappa shape index (κ2) is 5.25. The zero-order valence-corrected chi connectivity index (χ0v) is 10.9. The molecule has 2 N–H and O–H groups in total. The fourth-order valence-corrected chi connectivity index (χ4v) is 1.77. The van der Waals surface area contributed by atoms with Gasteiger partial charge >= 0.3 is 0 Å². The van der Waals surface area contributed by atoms with Crippen molar-refractivity contribution in [2.24, 2.45) is 5.73 Å². The quantitative estimate of drug-likeness (QED) is 0.945. The zero-order valence-electron chi connectivity index (χ0n) is 9.35. The van der Waals surface area contributed by atoms with Gasteiger partial charge in [-0.2, -0.15) is 0 Å². The van der Waals surface area contributed by atoms with Crippen LogP contribution in [0.4, 0.5) is 0 Å². The summed E-state index contributed by atoms with van der Waals surface area (Å²) >= 11 is 3.35. The number of aryl methyl sites for hydroxylation is 1. The predicted octanol–water partition coefficient (Wildman–Crippen LogP) is 2.80. The minimum absolute atomic E-state index is 0.376. The van der Waals surface area contributed by atoms with E-state index >= 15 is 0 Å². The molecular weight excluding hydrogens is 282 g/mol. The molecule has 2 aromatic rings. The van der Waals surface area contributed by atoms with Crippen LogP contribution in [-0.2, 0) is 6.54 Å². The molecule has 0 saturated heterocycles. The van der Waals surface area contributed by atoms with Crippen molar-refractivity contribution >= 4 is 15.9 Å². The largest absolute Gasteiger partial charge is 0.437 e. The third kappa shape index (κ3) is 2.81. The second-order valence-corrected chi connectivity index (χ2v) is 4.43. The van der Waals surface area contributed by atoms with Gasteiger partial charge in [0.15, 0.2) is 5.75 Å². The molecule has 0 spiro atoms. The van der Waals surface area contributed by atoms with E-state index in [0.29, 0.717) is 18.2 Å². The fraction of sp³-hybridized carbons (Fsp3) is 0.167. The summed E-state index contributed by atoms with van der Waals surface area (Å²) < 4.78 is 6.59. The Hall–Kier alpha value is -1.46. The van der Waals surface area contributed by atoms with Crippen molar-refractivity contribution in [2.75, 3.05) is 0 Å². The number of halogens is 1. The average Bonchev–Trinajstić information content (AvgIpc) is 2.34. The van der Waals surface area contributed by atoms with Gasteiger partial charge in [-0.1, -0.05) is 0 Å². The van der Waals surface area contributed by atoms with Gasteiger partial charge in [-0.05, 0) is 41.1 Å². The van der Waals surface area contributed by atoms with Crippen LogP contribution in [-0.4, -0.2) is 9.97 Å². The summed E-state index contributed by atoms with van der Waals surface area (Å²) in [5, 5.41) is 0. The summed E-state index contributed by atoms with van der Waals surface area (Å²) in [6.07, 6.45) is 3.40. The lowest BCUT2D eigenvalue weighted by Gasteiger charge is -2.10. The van der Waals surface area contributed by atoms with Crippen molar-refractivity contribution < 1.29 is 4.74 Å². The maximum atomic E-state index is 5.71. The minimum Gasteiger partial charge on any atom is -0.437 e. The van der Waals surface area contributed by atoms with E-state index in [-0.39, 0.29) is 0 Å². The van der Waals surface area contributed by atoms with Gasteiger partial charge in [0.25, 0.3) is 0 Å². The molecule has 0 fully saturated rings. The van der Waals surface area contributed by atoms with Crippen LogP contribution in [0.5, 0.6) is 11.6 Å². The molecule has 0 unspecified atom stereocenters. The number of pyridine rings is 2. The van der Waals surface area contributed by atoms with Crippen LogP contribution in [0.15, 0.2) is 35.1 Å². The zero-order chi connectivity index (χ0) is 12.3. The van der Waals surface area contributed by atoms with Gasteiger partial charge in [-0.3, -0.25) is 4.98 Å². The van der Waals surface area contributed by atoms with Crippen molar-refractivity contribution in [2.45, 2.75) is 13.5 Å². The highest BCUT2D eigenvalue weighted by Crippen LogP contribution is 2.26. The summed E-state index contributed by atoms with van der Waals surface area (Å²) in [7, 11) is 0. The van der Waals surface area contributed by atoms with E-state index in [2.05, 4.69) is 25.9 Å². The van der Waals surface area contributed by atoms with E-state index in [1.54, 1.807) is 12.4 Å². The molecule has 0 amide bonds. The second-order valence-electron chi connectivity index (χ2n) is 3.51. The molecule has 0 saturated carbocycles. The summed E-state index contributed by atoms with van der Waals surface area (Å²) in [5.74, 6) is 1.21. The summed E-state index contributed by atoms with van der Waals surface area (Å²) in [6, 6.07) is 5.57. The van der Waals surface area contributed by atoms with E-state index in [1.807, 2.05) is 25.1 Å². The van der Waals surface area contributed by atoms with Gasteiger partial charge in [-0.25, -0.2) is 4.98 Å². The van der Waals surface area contributed by atoms with E-state index < -0.39 is 0 Å². The van der Waals surface area contributed by atoms with E-state index in [1.165, 1.54) is 0 Å². The van der Waals surface area contributed by atoms with Crippen LogP contribution >= 0.6 is 15.9 Å². The van der Waals surface area contributed by atoms with Gasteiger partial charge in [0.05, 0.1) is 5.69 Å². The first-order chi connectivity index (χ1) is 8.20. The fourth-order valence-electron chi connectivity index (χ4n) is 1.39. The molecule has 2 aromatic heterocycles. The molecule has 0 aromatic carbocycles. The van der Waals surface area contributed by atoms with Crippen LogP contribution in [0.3, 0.4) is 0 Å². The first-order valence-electron chi connectivity index (χ1n) is 5.14. The Morgan fingerprint density at radius 2 is 2.24 bits per heavy atom. The lowest BCUT2D eigenvalue weighted by Crippen LogP contribution is -2.02. The smallest absolute Gasteiger partial charge is 0.223 e. The van der Waals surface area contributed by atoms with Crippen molar-refractivity contribution in [3.8, 4) is 11.6 Å². The molecule has 0 atom stereocenters. The number of nitrogens with zero attached hydrogens (tertiary/aromatic N) is 2. The van der Waals surface area contributed by atoms with Crippen LogP contribution in [0.1, 0.15) is 11.3 Å². The predicted molar refractivity (Wildman–Crippen MR) is 68.9 cm³/mol. The molecule has 88 valence electrons. The van der Waals surface area contributed by atoms with Gasteiger partial charge in [-0.15, -0.1) is 0 Å². The molecule has 0 aliphatic carbocycles. The molecule has 0 aliphatic heterocycles. The highest BCUT2D eigenvalue weighted by atomic mass is 79.9. The van der Waals surface area contributed by atoms with Crippen LogP contribution < -0.4 is 10.5 Å². The van der Waals surface area contributed by atoms with Gasteiger partial charge in [0.1, 0.15) is 0 Å². The normalized spacial score (nSPS) is 10.3. The third-order valence-electron chi connectivity index (χ3n) is 2.28. The molecule has 5 heteroatoms. The topological polar surface area (TPSA) is 61.0 Å². The Bertz CT molecular complexity index is 531. The molecule has 0 aliphatic rings. The first-order valence-corrected chi connectivity index (χ1v) is 5.94. The highest BCUT2D eigenvalue weighted by molar-refractivity contribution is 9.10. The van der Waals surface area contributed by atoms with Crippen molar-refractivity contribution in [3.05, 3.63) is 46.3 Å². The number of ether oxygens (including phenoxy) is 1. The Kier molecular flexibility index (Phi) is 3.71. The first kappa shape index (κ1) is 12.0. The molecule has 0 bridgehead atoms. The Balaban J connectivity index is 2.33. The Morgan fingerprint density at radius 1 is 1.41 bits per heavy atom. The van der Waals surface area contributed by atoms with Crippen LogP contribution in [0, 0.1) is 6.92 Å². The number of aromatic nitrogens is 2. The minimum atomic E-state index is 0.376. The van der Waals surface area contributed by atoms with Gasteiger partial charge < -0.3 is 10.5 Å². The van der Waals surface area contributed by atoms with Crippen molar-refractivity contribution in [1.29, 1.82) is 0 Å². The van der Waals surface area contributed by atoms with E-state index in [0.717, 1.165) is 15.7 Å². The highest BCUT2D eigenvalue weighted by Gasteiger charge is 2.08. The lowest BCUT2D eigenvalue weighted by atomic mass is 10.3. The maximum absolute atomic E-state index is 5.71. The summed E-state index contributed by atoms with van der Waals surface area (Å²) in [4.78, 5) is 8.36. The Morgan fingerprint density at radius 3 is 2.94 bits per heavy atom. The van der Waals surface area contributed by atoms with Crippen molar-refractivity contribution in [1.82, 2.24) is 9.97 Å². The number of hydrogen-bond acceptors (Lipinski definition) is 4. The molecule has 2 rings (SSSR count). The van der Waals surface area contributed by atoms with Crippen LogP contribution in [0.2, 0.25) is 0 Å².